The van der Waals surface area contributed by atoms with E-state index in [0.717, 1.165) is 16.8 Å². The Balaban J connectivity index is 2.05. The molecule has 24 heavy (non-hydrogen) atoms. The molecule has 2 heterocycles. The van der Waals surface area contributed by atoms with Crippen LogP contribution < -0.4 is 4.74 Å². The maximum Gasteiger partial charge on any atom is 0.515 e. The number of hydrogen-bond donors (Lipinski definition) is 0. The van der Waals surface area contributed by atoms with Crippen molar-refractivity contribution in [3.8, 4) is 5.88 Å². The molecule has 0 atom stereocenters. The Morgan fingerprint density at radius 3 is 2.88 bits per heavy atom. The van der Waals surface area contributed by atoms with E-state index in [-0.39, 0.29) is 12.4 Å². The Bertz CT molecular complexity index is 889. The van der Waals surface area contributed by atoms with Crippen LogP contribution in [-0.4, -0.2) is 22.3 Å². The molecule has 0 saturated heterocycles. The average Bonchev–Trinajstić information content (AvgIpc) is 2.86. The predicted molar refractivity (Wildman–Crippen MR) is 87.6 cm³/mol. The predicted octanol–water partition coefficient (Wildman–Crippen LogP) is 4.07. The zero-order chi connectivity index (χ0) is 17.1. The largest absolute Gasteiger partial charge is 0.515 e. The summed E-state index contributed by atoms with van der Waals surface area (Å²) in [5.74, 6) is -0.0443. The highest BCUT2D eigenvalue weighted by molar-refractivity contribution is 5.83. The summed E-state index contributed by atoms with van der Waals surface area (Å²) in [6.07, 6.45) is 0.933. The number of aryl methyl sites for hydroxylation is 1. The van der Waals surface area contributed by atoms with Crippen LogP contribution in [0.15, 0.2) is 42.6 Å². The molecule has 0 aliphatic carbocycles. The van der Waals surface area contributed by atoms with Crippen molar-refractivity contribution < 1.29 is 18.7 Å². The van der Waals surface area contributed by atoms with E-state index in [1.165, 1.54) is 12.1 Å². The lowest BCUT2D eigenvalue weighted by atomic mass is 10.2. The van der Waals surface area contributed by atoms with Crippen LogP contribution in [0, 0.1) is 12.7 Å². The topological polar surface area (TPSA) is 53.4 Å². The molecule has 0 unspecified atom stereocenters. The Labute approximate surface area is 138 Å². The van der Waals surface area contributed by atoms with E-state index in [4.69, 9.17) is 9.47 Å². The Morgan fingerprint density at radius 2 is 2.12 bits per heavy atom. The summed E-state index contributed by atoms with van der Waals surface area (Å²) in [4.78, 5) is 16.0. The molecule has 1 aromatic carbocycles. The van der Waals surface area contributed by atoms with E-state index in [0.29, 0.717) is 17.8 Å². The number of aromatic nitrogens is 2. The summed E-state index contributed by atoms with van der Waals surface area (Å²) in [7, 11) is 0. The maximum atomic E-state index is 13.5. The van der Waals surface area contributed by atoms with E-state index >= 15 is 0 Å². The molecule has 2 aromatic heterocycles. The van der Waals surface area contributed by atoms with Gasteiger partial charge in [-0.3, -0.25) is 4.98 Å². The molecule has 3 aromatic rings. The summed E-state index contributed by atoms with van der Waals surface area (Å²) in [6.45, 7) is 4.27. The minimum atomic E-state index is -0.787. The van der Waals surface area contributed by atoms with Gasteiger partial charge in [-0.15, -0.1) is 0 Å². The van der Waals surface area contributed by atoms with Gasteiger partial charge in [-0.1, -0.05) is 6.07 Å². The summed E-state index contributed by atoms with van der Waals surface area (Å²) in [5, 5.41) is 0.649. The molecule has 0 radical (unpaired) electrons. The zero-order valence-electron chi connectivity index (χ0n) is 13.5. The highest BCUT2D eigenvalue weighted by Gasteiger charge is 2.16. The van der Waals surface area contributed by atoms with Crippen molar-refractivity contribution in [2.24, 2.45) is 0 Å². The first-order chi connectivity index (χ1) is 11.6. The normalized spacial score (nSPS) is 10.8. The van der Waals surface area contributed by atoms with Crippen molar-refractivity contribution >= 4 is 17.1 Å². The van der Waals surface area contributed by atoms with Crippen LogP contribution in [0.25, 0.3) is 10.9 Å². The van der Waals surface area contributed by atoms with Crippen molar-refractivity contribution in [3.05, 3.63) is 59.7 Å². The van der Waals surface area contributed by atoms with Gasteiger partial charge in [0.2, 0.25) is 5.88 Å². The molecule has 0 saturated carbocycles. The SMILES string of the molecule is CCOC(=O)Oc1cc2cc(F)ccc2n1Cc1cccnc1C. The van der Waals surface area contributed by atoms with Gasteiger partial charge in [-0.2, -0.15) is 0 Å². The fraction of sp³-hybridized carbons (Fsp3) is 0.222. The number of fused-ring (bicyclic) bond motifs is 1. The number of nitrogens with zero attached hydrogens (tertiary/aromatic N) is 2. The first kappa shape index (κ1) is 16.0. The average molecular weight is 328 g/mol. The van der Waals surface area contributed by atoms with Gasteiger partial charge < -0.3 is 14.0 Å². The van der Waals surface area contributed by atoms with Gasteiger partial charge in [0.1, 0.15) is 5.82 Å². The molecule has 0 fully saturated rings. The number of carbonyl (C=O) groups is 1. The zero-order valence-corrected chi connectivity index (χ0v) is 13.5. The van der Waals surface area contributed by atoms with Gasteiger partial charge in [0.15, 0.2) is 0 Å². The van der Waals surface area contributed by atoms with E-state index in [2.05, 4.69) is 4.98 Å². The van der Waals surface area contributed by atoms with Crippen LogP contribution in [0.3, 0.4) is 0 Å². The number of rotatable bonds is 4. The number of pyridine rings is 1. The Kier molecular flexibility index (Phi) is 4.46. The molecule has 124 valence electrons. The maximum absolute atomic E-state index is 13.5. The molecular weight excluding hydrogens is 311 g/mol. The van der Waals surface area contributed by atoms with Crippen LogP contribution in [0.2, 0.25) is 0 Å². The molecule has 3 rings (SSSR count). The third-order valence-electron chi connectivity index (χ3n) is 3.72. The number of ether oxygens (including phenoxy) is 2. The van der Waals surface area contributed by atoms with Gasteiger partial charge in [0.25, 0.3) is 0 Å². The molecule has 0 aliphatic heterocycles. The van der Waals surface area contributed by atoms with Gasteiger partial charge in [-0.05, 0) is 43.7 Å². The molecule has 0 spiro atoms. The van der Waals surface area contributed by atoms with E-state index < -0.39 is 6.16 Å². The monoisotopic (exact) mass is 328 g/mol. The van der Waals surface area contributed by atoms with Gasteiger partial charge in [-0.25, -0.2) is 9.18 Å². The molecule has 0 aliphatic rings. The summed E-state index contributed by atoms with van der Waals surface area (Å²) in [5.41, 5.74) is 2.62. The van der Waals surface area contributed by atoms with Crippen molar-refractivity contribution in [1.82, 2.24) is 9.55 Å². The van der Waals surface area contributed by atoms with Gasteiger partial charge in [0.05, 0.1) is 18.7 Å². The number of carbonyl (C=O) groups excluding carboxylic acids is 1. The lowest BCUT2D eigenvalue weighted by Gasteiger charge is -2.12. The molecule has 0 bridgehead atoms. The van der Waals surface area contributed by atoms with Crippen LogP contribution in [0.5, 0.6) is 5.88 Å². The minimum Gasteiger partial charge on any atom is -0.434 e. The Morgan fingerprint density at radius 1 is 1.29 bits per heavy atom. The summed E-state index contributed by atoms with van der Waals surface area (Å²) < 4.78 is 25.4. The second kappa shape index (κ2) is 6.70. The first-order valence-electron chi connectivity index (χ1n) is 7.62. The van der Waals surface area contributed by atoms with Crippen molar-refractivity contribution in [3.63, 3.8) is 0 Å². The van der Waals surface area contributed by atoms with Crippen molar-refractivity contribution in [1.29, 1.82) is 0 Å². The fourth-order valence-electron chi connectivity index (χ4n) is 2.55. The smallest absolute Gasteiger partial charge is 0.434 e. The number of hydrogen-bond acceptors (Lipinski definition) is 4. The highest BCUT2D eigenvalue weighted by Crippen LogP contribution is 2.28. The van der Waals surface area contributed by atoms with Crippen LogP contribution in [0.4, 0.5) is 9.18 Å². The molecule has 0 amide bonds. The Hall–Kier alpha value is -2.89. The number of benzene rings is 1. The lowest BCUT2D eigenvalue weighted by Crippen LogP contribution is -2.13. The molecule has 0 N–H and O–H groups in total. The summed E-state index contributed by atoms with van der Waals surface area (Å²) >= 11 is 0. The standard InChI is InChI=1S/C18H17FN2O3/c1-3-23-18(22)24-17-10-14-9-15(19)6-7-16(14)21(17)11-13-5-4-8-20-12(13)2/h4-10H,3,11H2,1-2H3. The van der Waals surface area contributed by atoms with E-state index in [9.17, 15) is 9.18 Å². The third kappa shape index (κ3) is 3.22. The molecule has 6 heteroatoms. The second-order valence-corrected chi connectivity index (χ2v) is 5.30. The second-order valence-electron chi connectivity index (χ2n) is 5.30. The van der Waals surface area contributed by atoms with E-state index in [1.807, 2.05) is 19.1 Å². The lowest BCUT2D eigenvalue weighted by molar-refractivity contribution is 0.101. The van der Waals surface area contributed by atoms with E-state index in [1.54, 1.807) is 29.8 Å². The molecular formula is C18H17FN2O3. The van der Waals surface area contributed by atoms with Gasteiger partial charge in [0, 0.05) is 23.3 Å². The number of halogens is 1. The first-order valence-corrected chi connectivity index (χ1v) is 7.62. The fourth-order valence-corrected chi connectivity index (χ4v) is 2.55. The van der Waals surface area contributed by atoms with Crippen LogP contribution in [-0.2, 0) is 11.3 Å². The summed E-state index contributed by atoms with van der Waals surface area (Å²) in [6, 6.07) is 9.86. The minimum absolute atomic E-state index is 0.218. The quantitative estimate of drug-likeness (QED) is 0.678. The van der Waals surface area contributed by atoms with Gasteiger partial charge >= 0.3 is 6.16 Å². The van der Waals surface area contributed by atoms with Crippen LogP contribution >= 0.6 is 0 Å². The van der Waals surface area contributed by atoms with Crippen molar-refractivity contribution in [2.45, 2.75) is 20.4 Å². The third-order valence-corrected chi connectivity index (χ3v) is 3.72. The molecule has 5 nitrogen and oxygen atoms in total. The highest BCUT2D eigenvalue weighted by atomic mass is 19.1. The van der Waals surface area contributed by atoms with Crippen molar-refractivity contribution in [2.75, 3.05) is 6.61 Å². The van der Waals surface area contributed by atoms with Crippen LogP contribution in [0.1, 0.15) is 18.2 Å².